The Hall–Kier alpha value is -0.0800. The number of nitrogens with one attached hydrogen (secondary N) is 1. The summed E-state index contributed by atoms with van der Waals surface area (Å²) in [4.78, 5) is 0. The van der Waals surface area contributed by atoms with Crippen LogP contribution in [0.25, 0.3) is 0 Å². The van der Waals surface area contributed by atoms with Gasteiger partial charge in [0.25, 0.3) is 0 Å². The molecule has 1 aliphatic rings. The van der Waals surface area contributed by atoms with Crippen molar-refractivity contribution >= 4 is 0 Å². The third-order valence-corrected chi connectivity index (χ3v) is 3.46. The maximum atomic E-state index is 5.99. The smallest absolute Gasteiger partial charge is 0.0631 e. The van der Waals surface area contributed by atoms with Crippen LogP contribution in [0.15, 0.2) is 0 Å². The Morgan fingerprint density at radius 2 is 2.19 bits per heavy atom. The molecule has 16 heavy (non-hydrogen) atoms. The van der Waals surface area contributed by atoms with Crippen molar-refractivity contribution in [1.29, 1.82) is 0 Å². The number of ether oxygens (including phenoxy) is 1. The first-order valence-electron chi connectivity index (χ1n) is 6.94. The second-order valence-corrected chi connectivity index (χ2v) is 5.82. The van der Waals surface area contributed by atoms with Crippen LogP contribution in [0.2, 0.25) is 0 Å². The van der Waals surface area contributed by atoms with E-state index >= 15 is 0 Å². The zero-order chi connectivity index (χ0) is 12.0. The molecule has 0 aliphatic carbocycles. The third kappa shape index (κ3) is 5.31. The summed E-state index contributed by atoms with van der Waals surface area (Å²) < 4.78 is 5.99. The Bertz CT molecular complexity index is 191. The lowest BCUT2D eigenvalue weighted by Crippen LogP contribution is -2.27. The minimum atomic E-state index is 0.136. The first kappa shape index (κ1) is 14.0. The molecular weight excluding hydrogens is 198 g/mol. The standard InChI is InChI=1S/C14H29NO/c1-5-11-15-12(2)7-6-8-13-9-10-14(3,4)16-13/h12-13,15H,5-11H2,1-4H3. The van der Waals surface area contributed by atoms with Crippen LogP contribution in [0, 0.1) is 0 Å². The first-order chi connectivity index (χ1) is 7.53. The van der Waals surface area contributed by atoms with Gasteiger partial charge in [-0.15, -0.1) is 0 Å². The zero-order valence-corrected chi connectivity index (χ0v) is 11.5. The van der Waals surface area contributed by atoms with Gasteiger partial charge in [0, 0.05) is 6.04 Å². The molecule has 0 aromatic carbocycles. The lowest BCUT2D eigenvalue weighted by Gasteiger charge is -2.20. The molecule has 1 heterocycles. The van der Waals surface area contributed by atoms with Gasteiger partial charge in [-0.05, 0) is 65.8 Å². The topological polar surface area (TPSA) is 21.3 Å². The summed E-state index contributed by atoms with van der Waals surface area (Å²) in [7, 11) is 0. The van der Waals surface area contributed by atoms with E-state index < -0.39 is 0 Å². The fourth-order valence-corrected chi connectivity index (χ4v) is 2.43. The predicted octanol–water partition coefficient (Wildman–Crippen LogP) is 3.50. The van der Waals surface area contributed by atoms with Gasteiger partial charge in [0.05, 0.1) is 11.7 Å². The van der Waals surface area contributed by atoms with E-state index in [9.17, 15) is 0 Å². The van der Waals surface area contributed by atoms with Gasteiger partial charge in [0.15, 0.2) is 0 Å². The molecule has 2 atom stereocenters. The van der Waals surface area contributed by atoms with Crippen LogP contribution in [-0.4, -0.2) is 24.3 Å². The van der Waals surface area contributed by atoms with E-state index in [1.165, 1.54) is 38.5 Å². The number of rotatable bonds is 7. The van der Waals surface area contributed by atoms with E-state index in [-0.39, 0.29) is 5.60 Å². The molecule has 0 saturated carbocycles. The Kier molecular flexibility index (Phi) is 5.77. The highest BCUT2D eigenvalue weighted by atomic mass is 16.5. The summed E-state index contributed by atoms with van der Waals surface area (Å²) in [5, 5.41) is 3.53. The van der Waals surface area contributed by atoms with Gasteiger partial charge < -0.3 is 10.1 Å². The zero-order valence-electron chi connectivity index (χ0n) is 11.5. The van der Waals surface area contributed by atoms with Crippen molar-refractivity contribution < 1.29 is 4.74 Å². The summed E-state index contributed by atoms with van der Waals surface area (Å²) in [6, 6.07) is 0.661. The van der Waals surface area contributed by atoms with Crippen LogP contribution < -0.4 is 5.32 Å². The maximum Gasteiger partial charge on any atom is 0.0631 e. The van der Waals surface area contributed by atoms with Crippen LogP contribution in [0.1, 0.15) is 66.2 Å². The van der Waals surface area contributed by atoms with E-state index in [2.05, 4.69) is 33.0 Å². The molecule has 1 N–H and O–H groups in total. The SMILES string of the molecule is CCCNC(C)CCCC1CCC(C)(C)O1. The van der Waals surface area contributed by atoms with Crippen molar-refractivity contribution in [3.05, 3.63) is 0 Å². The molecule has 0 bridgehead atoms. The lowest BCUT2D eigenvalue weighted by molar-refractivity contribution is -0.0192. The van der Waals surface area contributed by atoms with Crippen molar-refractivity contribution in [3.63, 3.8) is 0 Å². The highest BCUT2D eigenvalue weighted by Crippen LogP contribution is 2.31. The molecule has 0 aromatic rings. The van der Waals surface area contributed by atoms with E-state index in [1.807, 2.05) is 0 Å². The van der Waals surface area contributed by atoms with E-state index in [4.69, 9.17) is 4.74 Å². The molecule has 0 aromatic heterocycles. The molecule has 0 amide bonds. The molecule has 96 valence electrons. The van der Waals surface area contributed by atoms with Crippen LogP contribution in [0.4, 0.5) is 0 Å². The minimum Gasteiger partial charge on any atom is -0.372 e. The second kappa shape index (κ2) is 6.61. The maximum absolute atomic E-state index is 5.99. The normalized spacial score (nSPS) is 25.9. The largest absolute Gasteiger partial charge is 0.372 e. The van der Waals surface area contributed by atoms with Crippen molar-refractivity contribution in [3.8, 4) is 0 Å². The van der Waals surface area contributed by atoms with Crippen molar-refractivity contribution in [2.24, 2.45) is 0 Å². The Labute approximate surface area is 101 Å². The molecule has 2 nitrogen and oxygen atoms in total. The van der Waals surface area contributed by atoms with Gasteiger partial charge in [0.2, 0.25) is 0 Å². The summed E-state index contributed by atoms with van der Waals surface area (Å²) in [6.45, 7) is 10.1. The highest BCUT2D eigenvalue weighted by molar-refractivity contribution is 4.80. The Morgan fingerprint density at radius 3 is 2.75 bits per heavy atom. The average molecular weight is 227 g/mol. The molecule has 2 heteroatoms. The summed E-state index contributed by atoms with van der Waals surface area (Å²) in [5.74, 6) is 0. The number of hydrogen-bond acceptors (Lipinski definition) is 2. The van der Waals surface area contributed by atoms with Gasteiger partial charge in [0.1, 0.15) is 0 Å². The summed E-state index contributed by atoms with van der Waals surface area (Å²) in [6.07, 6.45) is 8.03. The van der Waals surface area contributed by atoms with Crippen LogP contribution >= 0.6 is 0 Å². The van der Waals surface area contributed by atoms with Crippen molar-refractivity contribution in [2.75, 3.05) is 6.54 Å². The van der Waals surface area contributed by atoms with E-state index in [1.54, 1.807) is 0 Å². The molecule has 1 rings (SSSR count). The Balaban J connectivity index is 2.03. The molecule has 2 unspecified atom stereocenters. The molecule has 1 saturated heterocycles. The fourth-order valence-electron chi connectivity index (χ4n) is 2.43. The fraction of sp³-hybridized carbons (Fsp3) is 1.00. The van der Waals surface area contributed by atoms with Gasteiger partial charge in [-0.3, -0.25) is 0 Å². The number of hydrogen-bond donors (Lipinski definition) is 1. The van der Waals surface area contributed by atoms with Crippen LogP contribution in [-0.2, 0) is 4.74 Å². The van der Waals surface area contributed by atoms with Gasteiger partial charge in [-0.2, -0.15) is 0 Å². The van der Waals surface area contributed by atoms with Gasteiger partial charge >= 0.3 is 0 Å². The summed E-state index contributed by atoms with van der Waals surface area (Å²) >= 11 is 0. The molecule has 1 fully saturated rings. The molecule has 0 radical (unpaired) electrons. The molecule has 0 spiro atoms. The highest BCUT2D eigenvalue weighted by Gasteiger charge is 2.30. The lowest BCUT2D eigenvalue weighted by atomic mass is 10.0. The third-order valence-electron chi connectivity index (χ3n) is 3.46. The summed E-state index contributed by atoms with van der Waals surface area (Å²) in [5.41, 5.74) is 0.136. The van der Waals surface area contributed by atoms with Gasteiger partial charge in [-0.25, -0.2) is 0 Å². The second-order valence-electron chi connectivity index (χ2n) is 5.82. The van der Waals surface area contributed by atoms with E-state index in [0.717, 1.165) is 6.54 Å². The molecule has 1 aliphatic heterocycles. The quantitative estimate of drug-likeness (QED) is 0.718. The monoisotopic (exact) mass is 227 g/mol. The first-order valence-corrected chi connectivity index (χ1v) is 6.94. The predicted molar refractivity (Wildman–Crippen MR) is 69.8 cm³/mol. The van der Waals surface area contributed by atoms with Crippen LogP contribution in [0.5, 0.6) is 0 Å². The minimum absolute atomic E-state index is 0.136. The molecular formula is C14H29NO. The van der Waals surface area contributed by atoms with Gasteiger partial charge in [-0.1, -0.05) is 6.92 Å². The van der Waals surface area contributed by atoms with Crippen molar-refractivity contribution in [2.45, 2.75) is 84.0 Å². The average Bonchev–Trinajstić information content (AvgIpc) is 2.55. The Morgan fingerprint density at radius 1 is 1.44 bits per heavy atom. The van der Waals surface area contributed by atoms with Crippen molar-refractivity contribution in [1.82, 2.24) is 5.32 Å². The van der Waals surface area contributed by atoms with E-state index in [0.29, 0.717) is 12.1 Å². The van der Waals surface area contributed by atoms with Crippen LogP contribution in [0.3, 0.4) is 0 Å².